The first-order valence-electron chi connectivity index (χ1n) is 4.48. The van der Waals surface area contributed by atoms with E-state index in [0.29, 0.717) is 22.2 Å². The zero-order valence-corrected chi connectivity index (χ0v) is 10.1. The first-order valence-corrected chi connectivity index (χ1v) is 5.27. The van der Waals surface area contributed by atoms with Crippen molar-refractivity contribution >= 4 is 21.9 Å². The zero-order valence-electron chi connectivity index (χ0n) is 8.50. The van der Waals surface area contributed by atoms with Crippen LogP contribution in [0.1, 0.15) is 28.4 Å². The van der Waals surface area contributed by atoms with Crippen LogP contribution >= 0.6 is 15.9 Å². The fourth-order valence-corrected chi connectivity index (χ4v) is 1.68. The fraction of sp³-hybridized carbons (Fsp3) is 0.273. The predicted octanol–water partition coefficient (Wildman–Crippen LogP) is 2.81. The van der Waals surface area contributed by atoms with Gasteiger partial charge in [0.15, 0.2) is 0 Å². The van der Waals surface area contributed by atoms with Gasteiger partial charge in [0, 0.05) is 4.47 Å². The van der Waals surface area contributed by atoms with Gasteiger partial charge in [-0.1, -0.05) is 0 Å². The van der Waals surface area contributed by atoms with Crippen molar-refractivity contribution in [2.75, 3.05) is 6.61 Å². The molecule has 0 aromatic heterocycles. The van der Waals surface area contributed by atoms with Gasteiger partial charge in [-0.25, -0.2) is 4.79 Å². The molecule has 0 aliphatic heterocycles. The first kappa shape index (κ1) is 11.7. The van der Waals surface area contributed by atoms with E-state index >= 15 is 0 Å². The molecule has 1 aromatic carbocycles. The average Bonchev–Trinajstić information content (AvgIpc) is 2.22. The topological polar surface area (TPSA) is 50.1 Å². The molecule has 0 aliphatic rings. The van der Waals surface area contributed by atoms with E-state index in [1.807, 2.05) is 0 Å². The van der Waals surface area contributed by atoms with Gasteiger partial charge in [-0.3, -0.25) is 0 Å². The van der Waals surface area contributed by atoms with Gasteiger partial charge >= 0.3 is 5.97 Å². The molecular weight excluding hydrogens is 258 g/mol. The molecule has 0 amide bonds. The minimum atomic E-state index is -0.378. The summed E-state index contributed by atoms with van der Waals surface area (Å²) in [5.74, 6) is -0.378. The van der Waals surface area contributed by atoms with Gasteiger partial charge < -0.3 is 4.74 Å². The summed E-state index contributed by atoms with van der Waals surface area (Å²) in [6, 6.07) is 5.26. The zero-order chi connectivity index (χ0) is 11.4. The van der Waals surface area contributed by atoms with Crippen LogP contribution in [0, 0.1) is 18.3 Å². The van der Waals surface area contributed by atoms with Crippen molar-refractivity contribution in [3.05, 3.63) is 33.3 Å². The predicted molar refractivity (Wildman–Crippen MR) is 59.6 cm³/mol. The van der Waals surface area contributed by atoms with E-state index in [4.69, 9.17) is 10.00 Å². The standard InChI is InChI=1S/C11H10BrNO2/c1-3-15-11(14)9-5-4-8(6-13)7(2)10(9)12/h4-5H,3H2,1-2H3. The molecular formula is C11H10BrNO2. The molecule has 0 atom stereocenters. The number of halogens is 1. The molecule has 0 aliphatic carbocycles. The lowest BCUT2D eigenvalue weighted by atomic mass is 10.1. The van der Waals surface area contributed by atoms with Crippen molar-refractivity contribution in [3.63, 3.8) is 0 Å². The van der Waals surface area contributed by atoms with Crippen molar-refractivity contribution in [1.82, 2.24) is 0 Å². The van der Waals surface area contributed by atoms with Crippen molar-refractivity contribution in [2.45, 2.75) is 13.8 Å². The summed E-state index contributed by atoms with van der Waals surface area (Å²) in [5, 5.41) is 8.79. The van der Waals surface area contributed by atoms with Crippen molar-refractivity contribution in [1.29, 1.82) is 5.26 Å². The van der Waals surface area contributed by atoms with Gasteiger partial charge in [0.05, 0.1) is 23.8 Å². The highest BCUT2D eigenvalue weighted by molar-refractivity contribution is 9.10. The second-order valence-electron chi connectivity index (χ2n) is 2.93. The molecule has 0 unspecified atom stereocenters. The molecule has 0 heterocycles. The van der Waals surface area contributed by atoms with Gasteiger partial charge in [-0.15, -0.1) is 0 Å². The monoisotopic (exact) mass is 267 g/mol. The number of carbonyl (C=O) groups is 1. The molecule has 0 spiro atoms. The number of carbonyl (C=O) groups excluding carboxylic acids is 1. The van der Waals surface area contributed by atoms with Crippen molar-refractivity contribution in [3.8, 4) is 6.07 Å². The lowest BCUT2D eigenvalue weighted by Crippen LogP contribution is -2.06. The Labute approximate surface area is 96.8 Å². The minimum Gasteiger partial charge on any atom is -0.462 e. The van der Waals surface area contributed by atoms with Crippen LogP contribution in [0.5, 0.6) is 0 Å². The van der Waals surface area contributed by atoms with E-state index in [1.165, 1.54) is 0 Å². The summed E-state index contributed by atoms with van der Waals surface area (Å²) >= 11 is 3.29. The van der Waals surface area contributed by atoms with E-state index in [0.717, 1.165) is 5.56 Å². The van der Waals surface area contributed by atoms with Crippen LogP contribution in [0.15, 0.2) is 16.6 Å². The summed E-state index contributed by atoms with van der Waals surface area (Å²) in [6.45, 7) is 3.87. The molecule has 1 aromatic rings. The van der Waals surface area contributed by atoms with Crippen LogP contribution in [0.2, 0.25) is 0 Å². The van der Waals surface area contributed by atoms with E-state index in [-0.39, 0.29) is 5.97 Å². The number of benzene rings is 1. The molecule has 3 nitrogen and oxygen atoms in total. The molecule has 1 rings (SSSR count). The molecule has 0 radical (unpaired) electrons. The smallest absolute Gasteiger partial charge is 0.339 e. The Morgan fingerprint density at radius 2 is 2.27 bits per heavy atom. The fourth-order valence-electron chi connectivity index (χ4n) is 1.17. The van der Waals surface area contributed by atoms with Crippen LogP contribution in [0.3, 0.4) is 0 Å². The Morgan fingerprint density at radius 3 is 2.80 bits per heavy atom. The van der Waals surface area contributed by atoms with Crippen LogP contribution in [0.4, 0.5) is 0 Å². The van der Waals surface area contributed by atoms with E-state index in [1.54, 1.807) is 26.0 Å². The number of nitriles is 1. The Bertz CT molecular complexity index is 435. The molecule has 78 valence electrons. The van der Waals surface area contributed by atoms with Crippen LogP contribution < -0.4 is 0 Å². The number of nitrogens with zero attached hydrogens (tertiary/aromatic N) is 1. The van der Waals surface area contributed by atoms with Crippen molar-refractivity contribution < 1.29 is 9.53 Å². The molecule has 4 heteroatoms. The van der Waals surface area contributed by atoms with E-state index in [9.17, 15) is 4.79 Å². The molecule has 0 saturated carbocycles. The van der Waals surface area contributed by atoms with Crippen LogP contribution in [-0.2, 0) is 4.74 Å². The Hall–Kier alpha value is -1.34. The van der Waals surface area contributed by atoms with Gasteiger partial charge in [0.1, 0.15) is 0 Å². The Morgan fingerprint density at radius 1 is 1.60 bits per heavy atom. The number of rotatable bonds is 2. The van der Waals surface area contributed by atoms with E-state index in [2.05, 4.69) is 22.0 Å². The molecule has 0 fully saturated rings. The number of hydrogen-bond acceptors (Lipinski definition) is 3. The summed E-state index contributed by atoms with van der Waals surface area (Å²) in [4.78, 5) is 11.5. The second kappa shape index (κ2) is 4.94. The molecule has 0 bridgehead atoms. The lowest BCUT2D eigenvalue weighted by molar-refractivity contribution is 0.0525. The normalized spacial score (nSPS) is 9.47. The number of esters is 1. The summed E-state index contributed by atoms with van der Waals surface area (Å²) in [7, 11) is 0. The van der Waals surface area contributed by atoms with Gasteiger partial charge in [0.2, 0.25) is 0 Å². The Kier molecular flexibility index (Phi) is 3.87. The highest BCUT2D eigenvalue weighted by Gasteiger charge is 2.14. The Balaban J connectivity index is 3.19. The first-order chi connectivity index (χ1) is 7.11. The maximum atomic E-state index is 11.5. The third-order valence-corrected chi connectivity index (χ3v) is 3.02. The maximum Gasteiger partial charge on any atom is 0.339 e. The quantitative estimate of drug-likeness (QED) is 0.775. The van der Waals surface area contributed by atoms with Crippen LogP contribution in [0.25, 0.3) is 0 Å². The minimum absolute atomic E-state index is 0.338. The van der Waals surface area contributed by atoms with Gasteiger partial charge in [0.25, 0.3) is 0 Å². The summed E-state index contributed by atoms with van der Waals surface area (Å²) in [6.07, 6.45) is 0. The molecule has 0 N–H and O–H groups in total. The molecule has 0 saturated heterocycles. The third-order valence-electron chi connectivity index (χ3n) is 2.00. The molecule has 15 heavy (non-hydrogen) atoms. The average molecular weight is 268 g/mol. The van der Waals surface area contributed by atoms with Gasteiger partial charge in [-0.2, -0.15) is 5.26 Å². The SMILES string of the molecule is CCOC(=O)c1ccc(C#N)c(C)c1Br. The largest absolute Gasteiger partial charge is 0.462 e. The summed E-state index contributed by atoms with van der Waals surface area (Å²) in [5.41, 5.74) is 1.76. The van der Waals surface area contributed by atoms with Crippen molar-refractivity contribution in [2.24, 2.45) is 0 Å². The third kappa shape index (κ3) is 2.37. The second-order valence-corrected chi connectivity index (χ2v) is 3.72. The number of hydrogen-bond donors (Lipinski definition) is 0. The summed E-state index contributed by atoms with van der Waals surface area (Å²) < 4.78 is 5.51. The van der Waals surface area contributed by atoms with Crippen LogP contribution in [-0.4, -0.2) is 12.6 Å². The maximum absolute atomic E-state index is 11.5. The van der Waals surface area contributed by atoms with E-state index < -0.39 is 0 Å². The highest BCUT2D eigenvalue weighted by atomic mass is 79.9. The highest BCUT2D eigenvalue weighted by Crippen LogP contribution is 2.24. The number of ether oxygens (including phenoxy) is 1. The lowest BCUT2D eigenvalue weighted by Gasteiger charge is -2.07. The van der Waals surface area contributed by atoms with Gasteiger partial charge in [-0.05, 0) is 47.5 Å².